The molecule has 0 radical (unpaired) electrons. The van der Waals surface area contributed by atoms with Gasteiger partial charge in [-0.25, -0.2) is 0 Å². The Labute approximate surface area is 296 Å². The van der Waals surface area contributed by atoms with Crippen molar-refractivity contribution in [1.29, 1.82) is 0 Å². The lowest BCUT2D eigenvalue weighted by atomic mass is 9.81. The molecule has 0 unspecified atom stereocenters. The number of hydrogen-bond acceptors (Lipinski definition) is 0. The molecular formula is C49H34N2. The average molecular weight is 651 g/mol. The van der Waals surface area contributed by atoms with Crippen LogP contribution in [0.1, 0.15) is 25.0 Å². The third-order valence-electron chi connectivity index (χ3n) is 11.5. The summed E-state index contributed by atoms with van der Waals surface area (Å²) in [6.45, 7) is 4.78. The van der Waals surface area contributed by atoms with Crippen LogP contribution in [0.5, 0.6) is 0 Å². The molecule has 1 aliphatic rings. The number of fused-ring (bicyclic) bond motifs is 10. The van der Waals surface area contributed by atoms with Crippen LogP contribution in [0.2, 0.25) is 0 Å². The molecule has 2 aromatic heterocycles. The molecule has 240 valence electrons. The molecular weight excluding hydrogens is 617 g/mol. The van der Waals surface area contributed by atoms with Crippen molar-refractivity contribution in [1.82, 2.24) is 9.13 Å². The standard InChI is InChI=1S/C49H34N2/c1-49(2)43-27-34(33-21-20-31-12-6-7-13-32(31)26-33)22-24-37(43)40-30-48-42(29-44(40)49)39-17-9-11-19-46(39)51(48)36-23-25-47-41(28-36)38-16-8-10-18-45(38)50(47)35-14-4-3-5-15-35/h3-30H,1-2H3. The minimum atomic E-state index is -0.132. The van der Waals surface area contributed by atoms with E-state index in [1.54, 1.807) is 0 Å². The summed E-state index contributed by atoms with van der Waals surface area (Å²) < 4.78 is 4.87. The highest BCUT2D eigenvalue weighted by Gasteiger charge is 2.36. The summed E-state index contributed by atoms with van der Waals surface area (Å²) in [7, 11) is 0. The van der Waals surface area contributed by atoms with Crippen LogP contribution < -0.4 is 0 Å². The Hall–Kier alpha value is -6.38. The molecule has 0 bridgehead atoms. The fourth-order valence-corrected chi connectivity index (χ4v) is 8.98. The third-order valence-corrected chi connectivity index (χ3v) is 11.5. The molecule has 2 heteroatoms. The van der Waals surface area contributed by atoms with Crippen LogP contribution in [-0.2, 0) is 5.41 Å². The Morgan fingerprint density at radius 2 is 0.941 bits per heavy atom. The topological polar surface area (TPSA) is 9.86 Å². The quantitative estimate of drug-likeness (QED) is 0.180. The first-order chi connectivity index (χ1) is 25.0. The number of aromatic nitrogens is 2. The molecule has 0 spiro atoms. The second kappa shape index (κ2) is 10.3. The van der Waals surface area contributed by atoms with Crippen molar-refractivity contribution in [2.75, 3.05) is 0 Å². The summed E-state index contributed by atoms with van der Waals surface area (Å²) in [5.74, 6) is 0. The zero-order chi connectivity index (χ0) is 33.8. The number of rotatable bonds is 3. The molecule has 8 aromatic carbocycles. The number of benzene rings is 8. The van der Waals surface area contributed by atoms with Crippen LogP contribution in [0.15, 0.2) is 170 Å². The van der Waals surface area contributed by atoms with Crippen LogP contribution in [0.25, 0.3) is 88.0 Å². The Morgan fingerprint density at radius 1 is 0.353 bits per heavy atom. The molecule has 0 fully saturated rings. The van der Waals surface area contributed by atoms with E-state index in [9.17, 15) is 0 Å². The van der Waals surface area contributed by atoms with E-state index in [2.05, 4.69) is 193 Å². The van der Waals surface area contributed by atoms with Gasteiger partial charge in [0, 0.05) is 38.3 Å². The van der Waals surface area contributed by atoms with Crippen molar-refractivity contribution in [2.45, 2.75) is 19.3 Å². The number of para-hydroxylation sites is 3. The summed E-state index contributed by atoms with van der Waals surface area (Å²) in [6.07, 6.45) is 0. The first-order valence-corrected chi connectivity index (χ1v) is 17.9. The SMILES string of the molecule is CC1(C)c2cc(-c3ccc4ccccc4c3)ccc2-c2cc3c(cc21)c1ccccc1n3-c1ccc2c(c1)c1ccccc1n2-c1ccccc1. The second-order valence-electron chi connectivity index (χ2n) is 14.6. The van der Waals surface area contributed by atoms with Crippen molar-refractivity contribution in [3.63, 3.8) is 0 Å². The maximum atomic E-state index is 2.49. The molecule has 0 N–H and O–H groups in total. The van der Waals surface area contributed by atoms with Crippen LogP contribution in [0, 0.1) is 0 Å². The molecule has 51 heavy (non-hydrogen) atoms. The second-order valence-corrected chi connectivity index (χ2v) is 14.6. The van der Waals surface area contributed by atoms with Gasteiger partial charge in [0.2, 0.25) is 0 Å². The van der Waals surface area contributed by atoms with E-state index >= 15 is 0 Å². The lowest BCUT2D eigenvalue weighted by molar-refractivity contribution is 0.661. The van der Waals surface area contributed by atoms with Gasteiger partial charge in [-0.2, -0.15) is 0 Å². The highest BCUT2D eigenvalue weighted by molar-refractivity contribution is 6.13. The summed E-state index contributed by atoms with van der Waals surface area (Å²) in [5.41, 5.74) is 15.1. The van der Waals surface area contributed by atoms with E-state index in [0.717, 1.165) is 0 Å². The van der Waals surface area contributed by atoms with Crippen molar-refractivity contribution in [2.24, 2.45) is 0 Å². The summed E-state index contributed by atoms with van der Waals surface area (Å²) >= 11 is 0. The van der Waals surface area contributed by atoms with Gasteiger partial charge in [-0.3, -0.25) is 0 Å². The maximum absolute atomic E-state index is 2.49. The molecule has 2 heterocycles. The number of hydrogen-bond donors (Lipinski definition) is 0. The first-order valence-electron chi connectivity index (χ1n) is 17.9. The maximum Gasteiger partial charge on any atom is 0.0547 e. The lowest BCUT2D eigenvalue weighted by Crippen LogP contribution is -2.15. The normalized spacial score (nSPS) is 13.5. The van der Waals surface area contributed by atoms with Gasteiger partial charge in [-0.05, 0) is 111 Å². The Bertz CT molecular complexity index is 3040. The molecule has 2 nitrogen and oxygen atoms in total. The zero-order valence-corrected chi connectivity index (χ0v) is 28.6. The van der Waals surface area contributed by atoms with Crippen molar-refractivity contribution in [3.05, 3.63) is 181 Å². The molecule has 0 atom stereocenters. The highest BCUT2D eigenvalue weighted by Crippen LogP contribution is 2.52. The molecule has 0 saturated carbocycles. The van der Waals surface area contributed by atoms with E-state index in [0.29, 0.717) is 0 Å². The largest absolute Gasteiger partial charge is 0.309 e. The third kappa shape index (κ3) is 3.99. The van der Waals surface area contributed by atoms with Gasteiger partial charge in [-0.15, -0.1) is 0 Å². The van der Waals surface area contributed by atoms with Crippen molar-refractivity contribution < 1.29 is 0 Å². The Morgan fingerprint density at radius 3 is 1.73 bits per heavy atom. The molecule has 0 saturated heterocycles. The predicted molar refractivity (Wildman–Crippen MR) is 216 cm³/mol. The van der Waals surface area contributed by atoms with Gasteiger partial charge in [0.15, 0.2) is 0 Å². The molecule has 11 rings (SSSR count). The molecule has 0 aliphatic heterocycles. The van der Waals surface area contributed by atoms with Gasteiger partial charge < -0.3 is 9.13 Å². The average Bonchev–Trinajstić information content (AvgIpc) is 3.76. The van der Waals surface area contributed by atoms with Gasteiger partial charge in [0.25, 0.3) is 0 Å². The fourth-order valence-electron chi connectivity index (χ4n) is 8.98. The Balaban J connectivity index is 1.13. The van der Waals surface area contributed by atoms with Gasteiger partial charge >= 0.3 is 0 Å². The van der Waals surface area contributed by atoms with Crippen molar-refractivity contribution in [3.8, 4) is 33.6 Å². The van der Waals surface area contributed by atoms with E-state index in [4.69, 9.17) is 0 Å². The molecule has 0 amide bonds. The van der Waals surface area contributed by atoms with Crippen LogP contribution in [0.4, 0.5) is 0 Å². The minimum absolute atomic E-state index is 0.132. The Kier molecular flexibility index (Phi) is 5.76. The van der Waals surface area contributed by atoms with E-state index in [1.165, 1.54) is 99.1 Å². The van der Waals surface area contributed by atoms with Crippen molar-refractivity contribution >= 4 is 54.4 Å². The van der Waals surface area contributed by atoms with Gasteiger partial charge in [-0.1, -0.05) is 117 Å². The highest BCUT2D eigenvalue weighted by atomic mass is 15.0. The molecule has 10 aromatic rings. The van der Waals surface area contributed by atoms with Crippen LogP contribution in [-0.4, -0.2) is 9.13 Å². The van der Waals surface area contributed by atoms with Crippen LogP contribution >= 0.6 is 0 Å². The zero-order valence-electron chi connectivity index (χ0n) is 28.6. The lowest BCUT2D eigenvalue weighted by Gasteiger charge is -2.22. The monoisotopic (exact) mass is 650 g/mol. The number of nitrogens with zero attached hydrogens (tertiary/aromatic N) is 2. The summed E-state index contributed by atoms with van der Waals surface area (Å²) in [4.78, 5) is 0. The van der Waals surface area contributed by atoms with E-state index < -0.39 is 0 Å². The smallest absolute Gasteiger partial charge is 0.0547 e. The van der Waals surface area contributed by atoms with Gasteiger partial charge in [0.1, 0.15) is 0 Å². The summed E-state index contributed by atoms with van der Waals surface area (Å²) in [6, 6.07) is 62.9. The first kappa shape index (κ1) is 28.5. The minimum Gasteiger partial charge on any atom is -0.309 e. The van der Waals surface area contributed by atoms with E-state index in [-0.39, 0.29) is 5.41 Å². The molecule has 1 aliphatic carbocycles. The predicted octanol–water partition coefficient (Wildman–Crippen LogP) is 13.0. The van der Waals surface area contributed by atoms with Crippen LogP contribution in [0.3, 0.4) is 0 Å². The fraction of sp³-hybridized carbons (Fsp3) is 0.0612. The summed E-state index contributed by atoms with van der Waals surface area (Å²) in [5, 5.41) is 7.65. The van der Waals surface area contributed by atoms with Gasteiger partial charge in [0.05, 0.1) is 22.1 Å². The van der Waals surface area contributed by atoms with E-state index in [1.807, 2.05) is 0 Å².